The molecule has 0 fully saturated rings. The Bertz CT molecular complexity index is 556. The van der Waals surface area contributed by atoms with Crippen molar-refractivity contribution in [1.29, 1.82) is 0 Å². The molecule has 1 radical (unpaired) electrons. The summed E-state index contributed by atoms with van der Waals surface area (Å²) in [6, 6.07) is 5.72. The molecule has 0 atom stereocenters. The SMILES string of the molecule is CC(=N\O)/C(C)=N/O.CC(=N\O)/C(C)=N/O.[CH-]=CC(C)=O.[Co].c1ccncc1. The van der Waals surface area contributed by atoms with Crippen LogP contribution in [0.1, 0.15) is 34.6 Å². The molecule has 0 unspecified atom stereocenters. The van der Waals surface area contributed by atoms with E-state index in [1.807, 2.05) is 18.2 Å². The minimum Gasteiger partial charge on any atom is -0.411 e. The summed E-state index contributed by atoms with van der Waals surface area (Å²) in [6.45, 7) is 12.2. The number of carbonyl (C=O) groups is 1. The number of rotatable bonds is 3. The number of carbonyl (C=O) groups excluding carboxylic acids is 1. The molecule has 0 saturated carbocycles. The Hall–Kier alpha value is -3.05. The van der Waals surface area contributed by atoms with Crippen LogP contribution in [0.4, 0.5) is 0 Å². The van der Waals surface area contributed by atoms with E-state index in [0.717, 1.165) is 6.08 Å². The van der Waals surface area contributed by atoms with E-state index in [4.69, 9.17) is 27.4 Å². The molecule has 1 aromatic rings. The van der Waals surface area contributed by atoms with Crippen molar-refractivity contribution in [2.45, 2.75) is 34.6 Å². The Labute approximate surface area is 174 Å². The average Bonchev–Trinajstić information content (AvgIpc) is 2.73. The summed E-state index contributed by atoms with van der Waals surface area (Å²) in [5.74, 6) is -0.0926. The molecule has 1 aromatic heterocycles. The molecule has 0 amide bonds. The minimum atomic E-state index is -0.0926. The van der Waals surface area contributed by atoms with Gasteiger partial charge in [0.2, 0.25) is 0 Å². The van der Waals surface area contributed by atoms with Crippen LogP contribution in [0.15, 0.2) is 57.3 Å². The number of allylic oxidation sites excluding steroid dienone is 1. The molecule has 4 N–H and O–H groups in total. The molecule has 1 rings (SSSR count). The Morgan fingerprint density at radius 2 is 1.00 bits per heavy atom. The van der Waals surface area contributed by atoms with E-state index in [1.54, 1.807) is 12.4 Å². The van der Waals surface area contributed by atoms with Crippen LogP contribution < -0.4 is 0 Å². The maximum Gasteiger partial charge on any atom is 0.101 e. The number of ketones is 1. The molecule has 0 aliphatic rings. The van der Waals surface area contributed by atoms with E-state index in [9.17, 15) is 4.79 Å². The summed E-state index contributed by atoms with van der Waals surface area (Å²) >= 11 is 0. The van der Waals surface area contributed by atoms with Gasteiger partial charge in [-0.05, 0) is 45.6 Å². The molecule has 159 valence electrons. The molecule has 1 heterocycles. The molecule has 0 aromatic carbocycles. The normalized spacial score (nSPS) is 11.0. The number of hydrogen-bond acceptors (Lipinski definition) is 10. The smallest absolute Gasteiger partial charge is 0.101 e. The second-order valence-electron chi connectivity index (χ2n) is 4.54. The van der Waals surface area contributed by atoms with Crippen LogP contribution in [-0.2, 0) is 21.6 Å². The fraction of sp³-hybridized carbons (Fsp3) is 0.294. The van der Waals surface area contributed by atoms with Gasteiger partial charge in [-0.2, -0.15) is 0 Å². The van der Waals surface area contributed by atoms with Gasteiger partial charge < -0.3 is 25.6 Å². The van der Waals surface area contributed by atoms with Crippen molar-refractivity contribution < 1.29 is 42.4 Å². The monoisotopic (exact) mass is 439 g/mol. The third-order valence-electron chi connectivity index (χ3n) is 2.45. The van der Waals surface area contributed by atoms with Crippen LogP contribution in [-0.4, -0.2) is 54.4 Å². The maximum absolute atomic E-state index is 9.63. The molecule has 0 bridgehead atoms. The molecule has 10 nitrogen and oxygen atoms in total. The second-order valence-corrected chi connectivity index (χ2v) is 4.54. The second kappa shape index (κ2) is 23.9. The van der Waals surface area contributed by atoms with E-state index in [2.05, 4.69) is 25.6 Å². The van der Waals surface area contributed by atoms with Gasteiger partial charge in [0.05, 0.1) is 0 Å². The Balaban J connectivity index is -0.000000138. The summed E-state index contributed by atoms with van der Waals surface area (Å²) < 4.78 is 0. The Morgan fingerprint density at radius 1 is 0.750 bits per heavy atom. The van der Waals surface area contributed by atoms with Gasteiger partial charge in [0.15, 0.2) is 0 Å². The fourth-order valence-corrected chi connectivity index (χ4v) is 0.602. The number of aromatic nitrogens is 1. The Kier molecular flexibility index (Phi) is 27.9. The van der Waals surface area contributed by atoms with Gasteiger partial charge in [0.25, 0.3) is 0 Å². The van der Waals surface area contributed by atoms with Crippen molar-refractivity contribution in [3.05, 3.63) is 43.2 Å². The quantitative estimate of drug-likeness (QED) is 0.186. The third-order valence-corrected chi connectivity index (χ3v) is 2.45. The molecule has 0 spiro atoms. The van der Waals surface area contributed by atoms with E-state index < -0.39 is 0 Å². The third kappa shape index (κ3) is 25.2. The zero-order valence-electron chi connectivity index (χ0n) is 16.3. The molecule has 0 saturated heterocycles. The van der Waals surface area contributed by atoms with Gasteiger partial charge >= 0.3 is 0 Å². The number of pyridine rings is 1. The van der Waals surface area contributed by atoms with Gasteiger partial charge in [-0.1, -0.05) is 33.6 Å². The molecule has 0 aliphatic heterocycles. The zero-order valence-corrected chi connectivity index (χ0v) is 17.3. The van der Waals surface area contributed by atoms with Gasteiger partial charge in [0.1, 0.15) is 22.8 Å². The van der Waals surface area contributed by atoms with Crippen molar-refractivity contribution in [2.24, 2.45) is 20.6 Å². The largest absolute Gasteiger partial charge is 0.411 e. The van der Waals surface area contributed by atoms with Crippen LogP contribution >= 0.6 is 0 Å². The summed E-state index contributed by atoms with van der Waals surface area (Å²) in [5, 5.41) is 43.3. The van der Waals surface area contributed by atoms with E-state index in [-0.39, 0.29) is 22.6 Å². The summed E-state index contributed by atoms with van der Waals surface area (Å²) in [7, 11) is 0. The fourth-order valence-electron chi connectivity index (χ4n) is 0.602. The van der Waals surface area contributed by atoms with Crippen molar-refractivity contribution in [2.75, 3.05) is 0 Å². The van der Waals surface area contributed by atoms with Crippen molar-refractivity contribution >= 4 is 28.6 Å². The van der Waals surface area contributed by atoms with Crippen molar-refractivity contribution in [3.63, 3.8) is 0 Å². The van der Waals surface area contributed by atoms with E-state index in [0.29, 0.717) is 22.8 Å². The van der Waals surface area contributed by atoms with Crippen molar-refractivity contribution in [3.8, 4) is 0 Å². The van der Waals surface area contributed by atoms with Gasteiger partial charge in [-0.3, -0.25) is 11.6 Å². The molecular formula is C17H26CoN5O5-. The standard InChI is InChI=1S/C5H5N.2C4H8N2O2.C4H5O.Co/c1-2-4-6-5-3-1;2*1-3(5-7)4(2)6-8;1-3-4(2)5;/h1-5H;2*7-8H,1-2H3;1,3H,2H3;/q;;;-1;/b;2*5-3+,6-4+;;. The van der Waals surface area contributed by atoms with E-state index in [1.165, 1.54) is 34.6 Å². The average molecular weight is 439 g/mol. The van der Waals surface area contributed by atoms with Crippen LogP contribution in [0.25, 0.3) is 0 Å². The van der Waals surface area contributed by atoms with Gasteiger partial charge in [0, 0.05) is 29.2 Å². The van der Waals surface area contributed by atoms with Crippen LogP contribution in [0, 0.1) is 6.58 Å². The van der Waals surface area contributed by atoms with Crippen LogP contribution in [0.2, 0.25) is 0 Å². The molecule has 28 heavy (non-hydrogen) atoms. The summed E-state index contributed by atoms with van der Waals surface area (Å²) in [6.07, 6.45) is 4.53. The first kappa shape index (κ1) is 32.6. The first-order chi connectivity index (χ1) is 12.7. The number of oxime groups is 4. The number of nitrogens with zero attached hydrogens (tertiary/aromatic N) is 5. The topological polar surface area (TPSA) is 160 Å². The van der Waals surface area contributed by atoms with Gasteiger partial charge in [-0.15, -0.1) is 0 Å². The van der Waals surface area contributed by atoms with Crippen molar-refractivity contribution in [1.82, 2.24) is 4.98 Å². The van der Waals surface area contributed by atoms with Gasteiger partial charge in [-0.25, -0.2) is 6.08 Å². The first-order valence-corrected chi connectivity index (χ1v) is 7.37. The molecular weight excluding hydrogens is 413 g/mol. The number of hydrogen-bond donors (Lipinski definition) is 4. The molecule has 11 heteroatoms. The summed E-state index contributed by atoms with van der Waals surface area (Å²) in [5.41, 5.74) is 1.25. The van der Waals surface area contributed by atoms with Crippen LogP contribution in [0.3, 0.4) is 0 Å². The molecule has 0 aliphatic carbocycles. The zero-order chi connectivity index (χ0) is 21.7. The first-order valence-electron chi connectivity index (χ1n) is 7.37. The summed E-state index contributed by atoms with van der Waals surface area (Å²) in [4.78, 5) is 13.4. The maximum atomic E-state index is 9.63. The Morgan fingerprint density at radius 3 is 1.07 bits per heavy atom. The van der Waals surface area contributed by atoms with Crippen LogP contribution in [0.5, 0.6) is 0 Å². The predicted molar refractivity (Wildman–Crippen MR) is 103 cm³/mol. The minimum absolute atomic E-state index is 0. The predicted octanol–water partition coefficient (Wildman–Crippen LogP) is 3.02. The van der Waals surface area contributed by atoms with E-state index >= 15 is 0 Å².